The summed E-state index contributed by atoms with van der Waals surface area (Å²) in [4.78, 5) is 35.4. The van der Waals surface area contributed by atoms with Gasteiger partial charge in [-0.25, -0.2) is 4.98 Å². The molecule has 6 nitrogen and oxygen atoms in total. The Hall–Kier alpha value is -2.80. The van der Waals surface area contributed by atoms with Gasteiger partial charge >= 0.3 is 0 Å². The van der Waals surface area contributed by atoms with Crippen LogP contribution in [0.3, 0.4) is 0 Å². The van der Waals surface area contributed by atoms with E-state index in [-0.39, 0.29) is 17.7 Å². The fourth-order valence-electron chi connectivity index (χ4n) is 4.27. The number of rotatable bonds is 7. The number of hydrogen-bond acceptors (Lipinski definition) is 4. The molecule has 0 aliphatic carbocycles. The average Bonchev–Trinajstić information content (AvgIpc) is 3.26. The summed E-state index contributed by atoms with van der Waals surface area (Å²) in [7, 11) is 0. The molecule has 7 heteroatoms. The number of nitrogens with zero attached hydrogens (tertiary/aromatic N) is 4. The van der Waals surface area contributed by atoms with Crippen LogP contribution >= 0.6 is 11.8 Å². The minimum atomic E-state index is 0.0265. The quantitative estimate of drug-likeness (QED) is 0.502. The fraction of sp³-hybridized carbons (Fsp3) is 0.400. The highest BCUT2D eigenvalue weighted by Crippen LogP contribution is 2.29. The first kappa shape index (κ1) is 22.4. The lowest BCUT2D eigenvalue weighted by Crippen LogP contribution is -2.44. The van der Waals surface area contributed by atoms with Crippen LogP contribution < -0.4 is 0 Å². The number of carbonyl (C=O) groups excluding carboxylic acids is 2. The first-order valence-electron chi connectivity index (χ1n) is 11.3. The van der Waals surface area contributed by atoms with Gasteiger partial charge in [0.2, 0.25) is 5.91 Å². The Labute approximate surface area is 193 Å². The van der Waals surface area contributed by atoms with Crippen LogP contribution in [-0.4, -0.2) is 57.2 Å². The van der Waals surface area contributed by atoms with E-state index in [4.69, 9.17) is 0 Å². The van der Waals surface area contributed by atoms with Crippen molar-refractivity contribution in [3.8, 4) is 0 Å². The highest BCUT2D eigenvalue weighted by Gasteiger charge is 2.30. The average molecular weight is 451 g/mol. The summed E-state index contributed by atoms with van der Waals surface area (Å²) in [5.74, 6) is 1.01. The van der Waals surface area contributed by atoms with E-state index in [9.17, 15) is 9.59 Å². The first-order chi connectivity index (χ1) is 15.6. The second-order valence-corrected chi connectivity index (χ2v) is 9.08. The minimum Gasteiger partial charge on any atom is -0.343 e. The number of carbonyl (C=O) groups is 2. The number of benzene rings is 1. The fourth-order valence-corrected chi connectivity index (χ4v) is 5.20. The van der Waals surface area contributed by atoms with Crippen LogP contribution in [0.15, 0.2) is 59.8 Å². The van der Waals surface area contributed by atoms with Crippen LogP contribution in [0.5, 0.6) is 0 Å². The van der Waals surface area contributed by atoms with Crippen molar-refractivity contribution in [3.63, 3.8) is 0 Å². The maximum Gasteiger partial charge on any atom is 0.254 e. The summed E-state index contributed by atoms with van der Waals surface area (Å²) in [5, 5.41) is 0. The van der Waals surface area contributed by atoms with Gasteiger partial charge in [-0.15, -0.1) is 11.8 Å². The summed E-state index contributed by atoms with van der Waals surface area (Å²) in [5.41, 5.74) is 2.64. The summed E-state index contributed by atoms with van der Waals surface area (Å²) in [6.07, 6.45) is 5.49. The molecule has 1 saturated heterocycles. The Kier molecular flexibility index (Phi) is 7.15. The molecular formula is C25H30N4O2S. The highest BCUT2D eigenvalue weighted by atomic mass is 32.2. The monoisotopic (exact) mass is 450 g/mol. The SMILES string of the molecule is CCN(CC)C(=O)C1CCN(C(=O)c2ccccc2SCc2cn3ccccc3n2)CC1. The molecular weight excluding hydrogens is 420 g/mol. The van der Waals surface area contributed by atoms with E-state index in [1.54, 1.807) is 11.8 Å². The molecule has 0 saturated carbocycles. The summed E-state index contributed by atoms with van der Waals surface area (Å²) >= 11 is 1.64. The molecule has 1 aliphatic rings. The van der Waals surface area contributed by atoms with Crippen molar-refractivity contribution in [2.45, 2.75) is 37.3 Å². The zero-order valence-corrected chi connectivity index (χ0v) is 19.6. The molecule has 1 aliphatic heterocycles. The lowest BCUT2D eigenvalue weighted by molar-refractivity contribution is -0.136. The summed E-state index contributed by atoms with van der Waals surface area (Å²) in [6, 6.07) is 13.7. The second-order valence-electron chi connectivity index (χ2n) is 8.06. The number of amides is 2. The third-order valence-corrected chi connectivity index (χ3v) is 7.22. The number of pyridine rings is 1. The van der Waals surface area contributed by atoms with Gasteiger partial charge in [-0.3, -0.25) is 9.59 Å². The van der Waals surface area contributed by atoms with Crippen molar-refractivity contribution < 1.29 is 9.59 Å². The standard InChI is InChI=1S/C25H30N4O2S/c1-3-27(4-2)24(30)19-12-15-28(16-13-19)25(31)21-9-5-6-10-22(21)32-18-20-17-29-14-8-7-11-23(29)26-20/h5-11,14,17,19H,3-4,12-13,15-16,18H2,1-2H3. The van der Waals surface area contributed by atoms with Gasteiger partial charge in [0.25, 0.3) is 5.91 Å². The van der Waals surface area contributed by atoms with Gasteiger partial charge in [0, 0.05) is 55.1 Å². The largest absolute Gasteiger partial charge is 0.343 e. The van der Waals surface area contributed by atoms with Crippen LogP contribution in [0.2, 0.25) is 0 Å². The lowest BCUT2D eigenvalue weighted by Gasteiger charge is -2.34. The maximum absolute atomic E-state index is 13.3. The van der Waals surface area contributed by atoms with Crippen LogP contribution in [-0.2, 0) is 10.5 Å². The second kappa shape index (κ2) is 10.2. The van der Waals surface area contributed by atoms with Crippen molar-refractivity contribution in [2.75, 3.05) is 26.2 Å². The first-order valence-corrected chi connectivity index (χ1v) is 12.3. The molecule has 168 valence electrons. The Bertz CT molecular complexity index is 1050. The highest BCUT2D eigenvalue weighted by molar-refractivity contribution is 7.98. The molecule has 3 aromatic rings. The smallest absolute Gasteiger partial charge is 0.254 e. The van der Waals surface area contributed by atoms with Gasteiger partial charge in [-0.1, -0.05) is 18.2 Å². The number of imidazole rings is 1. The molecule has 3 heterocycles. The topological polar surface area (TPSA) is 57.9 Å². The number of fused-ring (bicyclic) bond motifs is 1. The molecule has 1 aromatic carbocycles. The van der Waals surface area contributed by atoms with E-state index >= 15 is 0 Å². The predicted molar refractivity (Wildman–Crippen MR) is 128 cm³/mol. The van der Waals surface area contributed by atoms with Crippen molar-refractivity contribution in [1.82, 2.24) is 19.2 Å². The van der Waals surface area contributed by atoms with E-state index in [0.29, 0.717) is 18.8 Å². The molecule has 0 N–H and O–H groups in total. The van der Waals surface area contributed by atoms with Crippen LogP contribution in [0.4, 0.5) is 0 Å². The number of aromatic nitrogens is 2. The van der Waals surface area contributed by atoms with Gasteiger partial charge < -0.3 is 14.2 Å². The molecule has 0 radical (unpaired) electrons. The lowest BCUT2D eigenvalue weighted by atomic mass is 9.94. The van der Waals surface area contributed by atoms with Gasteiger partial charge in [-0.05, 0) is 51.0 Å². The number of likely N-dealkylation sites (tertiary alicyclic amines) is 1. The van der Waals surface area contributed by atoms with Crippen molar-refractivity contribution >= 4 is 29.2 Å². The maximum atomic E-state index is 13.3. The van der Waals surface area contributed by atoms with Gasteiger partial charge in [0.1, 0.15) is 5.65 Å². The zero-order valence-electron chi connectivity index (χ0n) is 18.7. The molecule has 0 spiro atoms. The Morgan fingerprint density at radius 3 is 2.50 bits per heavy atom. The molecule has 1 fully saturated rings. The zero-order chi connectivity index (χ0) is 22.5. The van der Waals surface area contributed by atoms with Crippen molar-refractivity contribution in [3.05, 3.63) is 66.1 Å². The molecule has 0 bridgehead atoms. The Balaban J connectivity index is 1.40. The normalized spacial score (nSPS) is 14.6. The van der Waals surface area contributed by atoms with Crippen molar-refractivity contribution in [1.29, 1.82) is 0 Å². The van der Waals surface area contributed by atoms with E-state index in [1.165, 1.54) is 0 Å². The third-order valence-electron chi connectivity index (χ3n) is 6.11. The summed E-state index contributed by atoms with van der Waals surface area (Å²) < 4.78 is 2.01. The van der Waals surface area contributed by atoms with Crippen LogP contribution in [0.1, 0.15) is 42.7 Å². The third kappa shape index (κ3) is 4.83. The molecule has 2 amide bonds. The molecule has 4 rings (SSSR count). The number of piperidine rings is 1. The number of thioether (sulfide) groups is 1. The van der Waals surface area contributed by atoms with Gasteiger partial charge in [0.05, 0.1) is 11.3 Å². The predicted octanol–water partition coefficient (Wildman–Crippen LogP) is 4.35. The number of hydrogen-bond donors (Lipinski definition) is 0. The van der Waals surface area contributed by atoms with Crippen LogP contribution in [0, 0.1) is 5.92 Å². The molecule has 0 atom stereocenters. The van der Waals surface area contributed by atoms with E-state index < -0.39 is 0 Å². The minimum absolute atomic E-state index is 0.0265. The van der Waals surface area contributed by atoms with E-state index in [0.717, 1.165) is 47.7 Å². The Morgan fingerprint density at radius 2 is 1.78 bits per heavy atom. The molecule has 2 aromatic heterocycles. The van der Waals surface area contributed by atoms with Gasteiger partial charge in [0.15, 0.2) is 0 Å². The van der Waals surface area contributed by atoms with Crippen LogP contribution in [0.25, 0.3) is 5.65 Å². The van der Waals surface area contributed by atoms with E-state index in [1.807, 2.05) is 82.9 Å². The Morgan fingerprint density at radius 1 is 1.06 bits per heavy atom. The van der Waals surface area contributed by atoms with E-state index in [2.05, 4.69) is 4.98 Å². The van der Waals surface area contributed by atoms with Crippen molar-refractivity contribution in [2.24, 2.45) is 5.92 Å². The molecule has 32 heavy (non-hydrogen) atoms. The summed E-state index contributed by atoms with van der Waals surface area (Å²) in [6.45, 7) is 6.77. The van der Waals surface area contributed by atoms with Gasteiger partial charge in [-0.2, -0.15) is 0 Å². The molecule has 0 unspecified atom stereocenters.